The zero-order valence-electron chi connectivity index (χ0n) is 11.7. The summed E-state index contributed by atoms with van der Waals surface area (Å²) >= 11 is 1.27. The van der Waals surface area contributed by atoms with E-state index in [1.807, 2.05) is 19.1 Å². The molecule has 2 bridgehead atoms. The number of hydrogen-bond acceptors (Lipinski definition) is 6. The number of ether oxygens (including phenoxy) is 1. The summed E-state index contributed by atoms with van der Waals surface area (Å²) in [4.78, 5) is 0. The average Bonchev–Trinajstić information content (AvgIpc) is 2.44. The highest BCUT2D eigenvalue weighted by atomic mass is 35.5. The maximum absolute atomic E-state index is 10.1. The maximum Gasteiger partial charge on any atom is 0.133 e. The largest absolute Gasteiger partial charge is 0.388 e. The number of fused-ring (bicyclic) bond motifs is 2. The van der Waals surface area contributed by atoms with Gasteiger partial charge in [-0.1, -0.05) is 25.0 Å². The number of hydrogen-bond donors (Lipinski definition) is 4. The van der Waals surface area contributed by atoms with E-state index in [9.17, 15) is 15.3 Å². The number of nitrogens with two attached hydrogens (primary N) is 1. The van der Waals surface area contributed by atoms with Crippen LogP contribution in [0, 0.1) is 18.3 Å². The van der Waals surface area contributed by atoms with Crippen molar-refractivity contribution in [1.82, 2.24) is 0 Å². The van der Waals surface area contributed by atoms with Crippen LogP contribution in [0.1, 0.15) is 13.3 Å². The predicted octanol–water partition coefficient (Wildman–Crippen LogP) is -0.126. The molecule has 2 aliphatic rings. The lowest BCUT2D eigenvalue weighted by Crippen LogP contribution is -2.62. The number of halogens is 1. The van der Waals surface area contributed by atoms with Crippen LogP contribution in [0.3, 0.4) is 0 Å². The number of aliphatic hydroxyl groups is 3. The first-order valence-electron chi connectivity index (χ1n) is 6.69. The Kier molecular flexibility index (Phi) is 7.01. The number of terminal acetylenes is 1. The molecule has 2 rings (SSSR count). The number of rotatable bonds is 0. The van der Waals surface area contributed by atoms with Gasteiger partial charge >= 0.3 is 0 Å². The molecular weight excluding hydrogens is 314 g/mol. The van der Waals surface area contributed by atoms with E-state index >= 15 is 0 Å². The summed E-state index contributed by atoms with van der Waals surface area (Å²) in [6.07, 6.45) is 5.62. The Morgan fingerprint density at radius 1 is 1.29 bits per heavy atom. The monoisotopic (exact) mass is 335 g/mol. The first-order valence-corrected chi connectivity index (χ1v) is 7.63. The molecule has 5 nitrogen and oxygen atoms in total. The van der Waals surface area contributed by atoms with Gasteiger partial charge in [0.25, 0.3) is 0 Å². The Balaban J connectivity index is 0.00000220. The molecule has 0 amide bonds. The number of aliphatic hydroxyl groups excluding tert-OH is 3. The molecule has 1 fully saturated rings. The minimum atomic E-state index is -1.29. The minimum Gasteiger partial charge on any atom is -0.388 e. The van der Waals surface area contributed by atoms with Crippen molar-refractivity contribution >= 4 is 24.2 Å². The van der Waals surface area contributed by atoms with Gasteiger partial charge in [-0.05, 0) is 12.3 Å². The van der Waals surface area contributed by atoms with Crippen LogP contribution in [0.15, 0.2) is 12.2 Å². The summed E-state index contributed by atoms with van der Waals surface area (Å²) < 4.78 is 5.72. The molecule has 0 spiro atoms. The van der Waals surface area contributed by atoms with Crippen LogP contribution in [0.25, 0.3) is 0 Å². The molecule has 0 aliphatic carbocycles. The van der Waals surface area contributed by atoms with E-state index in [1.165, 1.54) is 11.8 Å². The molecule has 8 atom stereocenters. The second kappa shape index (κ2) is 7.84. The van der Waals surface area contributed by atoms with Crippen LogP contribution in [0.2, 0.25) is 0 Å². The SMILES string of the molecule is C#C[C@@H]1C/C=C\[C@@H](C)[C@@H](N)[C@H]2O[C@H](S1)[C@H](O)[C@@H](O)[C@H]2O.Cl. The van der Waals surface area contributed by atoms with Crippen molar-refractivity contribution in [3.05, 3.63) is 12.2 Å². The Morgan fingerprint density at radius 2 is 1.95 bits per heavy atom. The predicted molar refractivity (Wildman–Crippen MR) is 85.0 cm³/mol. The zero-order chi connectivity index (χ0) is 14.9. The quantitative estimate of drug-likeness (QED) is 0.364. The van der Waals surface area contributed by atoms with Crippen molar-refractivity contribution in [2.45, 2.75) is 54.5 Å². The van der Waals surface area contributed by atoms with Gasteiger partial charge < -0.3 is 25.8 Å². The van der Waals surface area contributed by atoms with Crippen molar-refractivity contribution < 1.29 is 20.1 Å². The van der Waals surface area contributed by atoms with E-state index < -0.39 is 35.9 Å². The molecule has 7 heteroatoms. The first-order chi connectivity index (χ1) is 9.45. The summed E-state index contributed by atoms with van der Waals surface area (Å²) in [5, 5.41) is 29.9. The van der Waals surface area contributed by atoms with Crippen LogP contribution in [0.4, 0.5) is 0 Å². The summed E-state index contributed by atoms with van der Waals surface area (Å²) in [5.41, 5.74) is 5.42. The lowest BCUT2D eigenvalue weighted by Gasteiger charge is -2.44. The fourth-order valence-electron chi connectivity index (χ4n) is 2.47. The van der Waals surface area contributed by atoms with E-state index in [2.05, 4.69) is 5.92 Å². The minimum absolute atomic E-state index is 0. The first kappa shape index (κ1) is 18.8. The molecule has 0 saturated carbocycles. The molecule has 120 valence electrons. The molecule has 21 heavy (non-hydrogen) atoms. The van der Waals surface area contributed by atoms with Crippen molar-refractivity contribution in [2.75, 3.05) is 0 Å². The van der Waals surface area contributed by atoms with Crippen LogP contribution in [0.5, 0.6) is 0 Å². The third-order valence-corrected chi connectivity index (χ3v) is 5.18. The molecule has 2 heterocycles. The van der Waals surface area contributed by atoms with Crippen LogP contribution in [-0.4, -0.2) is 56.5 Å². The van der Waals surface area contributed by atoms with Crippen molar-refractivity contribution in [1.29, 1.82) is 0 Å². The van der Waals surface area contributed by atoms with Gasteiger partial charge in [0, 0.05) is 6.04 Å². The van der Waals surface area contributed by atoms with Crippen molar-refractivity contribution in [3.8, 4) is 12.3 Å². The van der Waals surface area contributed by atoms with Gasteiger partial charge in [0.05, 0.1) is 5.25 Å². The van der Waals surface area contributed by atoms with Crippen LogP contribution >= 0.6 is 24.2 Å². The molecule has 5 N–H and O–H groups in total. The zero-order valence-corrected chi connectivity index (χ0v) is 13.3. The van der Waals surface area contributed by atoms with Crippen LogP contribution in [-0.2, 0) is 4.74 Å². The topological polar surface area (TPSA) is 95.9 Å². The van der Waals surface area contributed by atoms with E-state index in [-0.39, 0.29) is 23.6 Å². The Hall–Kier alpha value is -0.260. The van der Waals surface area contributed by atoms with Gasteiger partial charge in [0.15, 0.2) is 0 Å². The molecule has 0 unspecified atom stereocenters. The normalized spacial score (nSPS) is 48.6. The lowest BCUT2D eigenvalue weighted by molar-refractivity contribution is -0.204. The van der Waals surface area contributed by atoms with Crippen LogP contribution < -0.4 is 5.73 Å². The molecule has 1 saturated heterocycles. The van der Waals surface area contributed by atoms with E-state index in [0.717, 1.165) is 0 Å². The van der Waals surface area contributed by atoms with Gasteiger partial charge in [-0.3, -0.25) is 0 Å². The van der Waals surface area contributed by atoms with Gasteiger partial charge in [0.2, 0.25) is 0 Å². The fraction of sp³-hybridized carbons (Fsp3) is 0.714. The third-order valence-electron chi connectivity index (χ3n) is 3.87. The van der Waals surface area contributed by atoms with Gasteiger partial charge in [-0.15, -0.1) is 30.6 Å². The Morgan fingerprint density at radius 3 is 2.57 bits per heavy atom. The van der Waals surface area contributed by atoms with Crippen molar-refractivity contribution in [3.63, 3.8) is 0 Å². The maximum atomic E-state index is 10.1. The molecule has 0 radical (unpaired) electrons. The third kappa shape index (κ3) is 3.93. The standard InChI is InChI=1S/C14H21NO4S.ClH/c1-3-8-6-4-5-7(2)9(15)13-11(17)10(16)12(18)14(19-13)20-8;/h1,4-5,7-14,16-18H,6,15H2,2H3;1H/b5-4-;/t7-,8-,9-,10+,11-,12-,13-,14-;/m1./s1. The van der Waals surface area contributed by atoms with E-state index in [1.54, 1.807) is 0 Å². The van der Waals surface area contributed by atoms with Gasteiger partial charge in [0.1, 0.15) is 29.9 Å². The fourth-order valence-corrected chi connectivity index (χ4v) is 3.61. The summed E-state index contributed by atoms with van der Waals surface area (Å²) in [7, 11) is 0. The summed E-state index contributed by atoms with van der Waals surface area (Å²) in [5.74, 6) is 2.61. The average molecular weight is 336 g/mol. The molecule has 0 aromatic carbocycles. The number of thioether (sulfide) groups is 1. The highest BCUT2D eigenvalue weighted by Crippen LogP contribution is 2.34. The molecule has 2 aliphatic heterocycles. The number of allylic oxidation sites excluding steroid dienone is 1. The van der Waals surface area contributed by atoms with Crippen molar-refractivity contribution in [2.24, 2.45) is 11.7 Å². The smallest absolute Gasteiger partial charge is 0.133 e. The highest BCUT2D eigenvalue weighted by molar-refractivity contribution is 8.00. The van der Waals surface area contributed by atoms with E-state index in [4.69, 9.17) is 16.9 Å². The molecule has 0 aromatic heterocycles. The molecule has 0 aromatic rings. The second-order valence-corrected chi connectivity index (χ2v) is 6.64. The Labute approximate surface area is 135 Å². The van der Waals surface area contributed by atoms with Gasteiger partial charge in [-0.25, -0.2) is 0 Å². The summed E-state index contributed by atoms with van der Waals surface area (Å²) in [6.45, 7) is 1.92. The van der Waals surface area contributed by atoms with Gasteiger partial charge in [-0.2, -0.15) is 0 Å². The summed E-state index contributed by atoms with van der Waals surface area (Å²) in [6, 6.07) is -0.464. The van der Waals surface area contributed by atoms with E-state index in [0.29, 0.717) is 6.42 Å². The Bertz CT molecular complexity index is 416. The second-order valence-electron chi connectivity index (χ2n) is 5.33. The highest BCUT2D eigenvalue weighted by Gasteiger charge is 2.47. The molecular formula is C14H22ClNO4S. The lowest BCUT2D eigenvalue weighted by atomic mass is 9.88.